The van der Waals surface area contributed by atoms with Gasteiger partial charge in [0.05, 0.1) is 0 Å². The van der Waals surface area contributed by atoms with Crippen molar-refractivity contribution in [2.45, 2.75) is 10.9 Å². The first-order valence-electron chi connectivity index (χ1n) is 7.56. The van der Waals surface area contributed by atoms with E-state index >= 15 is 0 Å². The molecule has 0 radical (unpaired) electrons. The number of nitrogens with zero attached hydrogens (tertiary/aromatic N) is 3. The zero-order valence-electron chi connectivity index (χ0n) is 13.0. The number of rotatable bonds is 4. The van der Waals surface area contributed by atoms with Crippen molar-refractivity contribution < 1.29 is 0 Å². The van der Waals surface area contributed by atoms with Gasteiger partial charge >= 0.3 is 0 Å². The van der Waals surface area contributed by atoms with E-state index in [0.717, 1.165) is 43.8 Å². The SMILES string of the molecule is Cn1c(SCc2ccccc2Cl)nnc1-c1c[nH]c2ccccc12. The van der Waals surface area contributed by atoms with Crippen LogP contribution < -0.4 is 0 Å². The summed E-state index contributed by atoms with van der Waals surface area (Å²) in [5, 5.41) is 11.5. The lowest BCUT2D eigenvalue weighted by molar-refractivity contribution is 0.794. The molecular formula is C18H15ClN4S. The van der Waals surface area contributed by atoms with Gasteiger partial charge in [-0.3, -0.25) is 0 Å². The van der Waals surface area contributed by atoms with Gasteiger partial charge in [0.1, 0.15) is 0 Å². The monoisotopic (exact) mass is 354 g/mol. The molecular weight excluding hydrogens is 340 g/mol. The number of para-hydroxylation sites is 1. The molecule has 0 atom stereocenters. The lowest BCUT2D eigenvalue weighted by atomic mass is 10.1. The van der Waals surface area contributed by atoms with E-state index in [9.17, 15) is 0 Å². The van der Waals surface area contributed by atoms with Crippen molar-refractivity contribution in [2.75, 3.05) is 0 Å². The van der Waals surface area contributed by atoms with E-state index in [1.807, 2.05) is 54.2 Å². The van der Waals surface area contributed by atoms with E-state index in [1.54, 1.807) is 11.8 Å². The van der Waals surface area contributed by atoms with Crippen molar-refractivity contribution in [3.05, 3.63) is 65.3 Å². The van der Waals surface area contributed by atoms with Crippen LogP contribution >= 0.6 is 23.4 Å². The smallest absolute Gasteiger partial charge is 0.191 e. The third kappa shape index (κ3) is 2.70. The Morgan fingerprint density at radius 3 is 2.75 bits per heavy atom. The van der Waals surface area contributed by atoms with Crippen molar-refractivity contribution in [3.63, 3.8) is 0 Å². The molecule has 0 aliphatic carbocycles. The number of fused-ring (bicyclic) bond motifs is 1. The lowest BCUT2D eigenvalue weighted by Gasteiger charge is -2.05. The minimum atomic E-state index is 0.763. The van der Waals surface area contributed by atoms with Crippen LogP contribution in [0.1, 0.15) is 5.56 Å². The highest BCUT2D eigenvalue weighted by Crippen LogP contribution is 2.30. The Bertz CT molecular complexity index is 1010. The molecule has 0 aliphatic rings. The quantitative estimate of drug-likeness (QED) is 0.530. The summed E-state index contributed by atoms with van der Waals surface area (Å²) >= 11 is 7.85. The zero-order chi connectivity index (χ0) is 16.5. The van der Waals surface area contributed by atoms with Crippen LogP contribution in [-0.2, 0) is 12.8 Å². The number of hydrogen-bond acceptors (Lipinski definition) is 3. The van der Waals surface area contributed by atoms with Crippen molar-refractivity contribution in [1.29, 1.82) is 0 Å². The van der Waals surface area contributed by atoms with Crippen molar-refractivity contribution in [2.24, 2.45) is 7.05 Å². The molecule has 120 valence electrons. The number of hydrogen-bond donors (Lipinski definition) is 1. The number of aromatic amines is 1. The average molecular weight is 355 g/mol. The van der Waals surface area contributed by atoms with Gasteiger partial charge in [0.15, 0.2) is 11.0 Å². The van der Waals surface area contributed by atoms with Gasteiger partial charge in [-0.1, -0.05) is 59.8 Å². The van der Waals surface area contributed by atoms with Crippen LogP contribution in [0.4, 0.5) is 0 Å². The number of H-pyrrole nitrogens is 1. The molecule has 0 saturated carbocycles. The van der Waals surface area contributed by atoms with Gasteiger partial charge in [-0.05, 0) is 17.7 Å². The van der Waals surface area contributed by atoms with E-state index in [2.05, 4.69) is 27.3 Å². The highest BCUT2D eigenvalue weighted by atomic mass is 35.5. The van der Waals surface area contributed by atoms with Gasteiger partial charge in [-0.15, -0.1) is 10.2 Å². The van der Waals surface area contributed by atoms with E-state index in [4.69, 9.17) is 11.6 Å². The fourth-order valence-electron chi connectivity index (χ4n) is 2.69. The molecule has 0 aliphatic heterocycles. The molecule has 0 spiro atoms. The standard InChI is InChI=1S/C18H15ClN4S/c1-23-17(14-10-20-16-9-5-3-7-13(14)16)21-22-18(23)24-11-12-6-2-4-8-15(12)19/h2-10,20H,11H2,1H3. The van der Waals surface area contributed by atoms with Crippen molar-refractivity contribution in [1.82, 2.24) is 19.7 Å². The second-order valence-corrected chi connectivity index (χ2v) is 6.84. The molecule has 24 heavy (non-hydrogen) atoms. The summed E-state index contributed by atoms with van der Waals surface area (Å²) in [7, 11) is 1.99. The Morgan fingerprint density at radius 1 is 1.08 bits per heavy atom. The Balaban J connectivity index is 1.63. The molecule has 0 fully saturated rings. The summed E-state index contributed by atoms with van der Waals surface area (Å²) in [6, 6.07) is 16.1. The normalized spacial score (nSPS) is 11.2. The minimum absolute atomic E-state index is 0.763. The molecule has 4 aromatic rings. The number of aromatic nitrogens is 4. The second-order valence-electron chi connectivity index (χ2n) is 5.49. The summed E-state index contributed by atoms with van der Waals surface area (Å²) in [5.74, 6) is 1.62. The molecule has 2 aromatic carbocycles. The van der Waals surface area contributed by atoms with E-state index < -0.39 is 0 Å². The van der Waals surface area contributed by atoms with E-state index in [-0.39, 0.29) is 0 Å². The second kappa shape index (κ2) is 6.34. The van der Waals surface area contributed by atoms with Crippen LogP contribution in [0.5, 0.6) is 0 Å². The maximum atomic E-state index is 6.22. The summed E-state index contributed by atoms with van der Waals surface area (Å²) in [4.78, 5) is 3.28. The maximum Gasteiger partial charge on any atom is 0.191 e. The van der Waals surface area contributed by atoms with Crippen LogP contribution in [0.15, 0.2) is 59.9 Å². The molecule has 4 rings (SSSR count). The average Bonchev–Trinajstić information content (AvgIpc) is 3.18. The Kier molecular flexibility index (Phi) is 4.04. The first kappa shape index (κ1) is 15.3. The highest BCUT2D eigenvalue weighted by Gasteiger charge is 2.15. The number of benzene rings is 2. The fraction of sp³-hybridized carbons (Fsp3) is 0.111. The Hall–Kier alpha value is -2.24. The van der Waals surface area contributed by atoms with Crippen LogP contribution in [0, 0.1) is 0 Å². The fourth-order valence-corrected chi connectivity index (χ4v) is 3.89. The zero-order valence-corrected chi connectivity index (χ0v) is 14.6. The number of thioether (sulfide) groups is 1. The molecule has 0 amide bonds. The molecule has 1 N–H and O–H groups in total. The molecule has 2 heterocycles. The van der Waals surface area contributed by atoms with Gasteiger partial charge in [0, 0.05) is 40.5 Å². The summed E-state index contributed by atoms with van der Waals surface area (Å²) < 4.78 is 2.02. The largest absolute Gasteiger partial charge is 0.360 e. The van der Waals surface area contributed by atoms with Gasteiger partial charge in [0.2, 0.25) is 0 Å². The van der Waals surface area contributed by atoms with Gasteiger partial charge in [-0.2, -0.15) is 0 Å². The van der Waals surface area contributed by atoms with Crippen molar-refractivity contribution >= 4 is 34.3 Å². The molecule has 4 nitrogen and oxygen atoms in total. The minimum Gasteiger partial charge on any atom is -0.360 e. The third-order valence-electron chi connectivity index (χ3n) is 3.98. The molecule has 0 bridgehead atoms. The molecule has 0 unspecified atom stereocenters. The third-order valence-corrected chi connectivity index (χ3v) is 5.42. The number of halogens is 1. The van der Waals surface area contributed by atoms with E-state index in [1.165, 1.54) is 0 Å². The number of nitrogens with one attached hydrogen (secondary N) is 1. The Labute approximate surface area is 148 Å². The van der Waals surface area contributed by atoms with Gasteiger partial charge < -0.3 is 9.55 Å². The lowest BCUT2D eigenvalue weighted by Crippen LogP contribution is -1.94. The summed E-state index contributed by atoms with van der Waals surface area (Å²) in [6.45, 7) is 0. The van der Waals surface area contributed by atoms with Gasteiger partial charge in [0.25, 0.3) is 0 Å². The first-order chi connectivity index (χ1) is 11.7. The Morgan fingerprint density at radius 2 is 1.88 bits per heavy atom. The molecule has 2 aromatic heterocycles. The van der Waals surface area contributed by atoms with Crippen molar-refractivity contribution in [3.8, 4) is 11.4 Å². The predicted molar refractivity (Wildman–Crippen MR) is 99.3 cm³/mol. The van der Waals surface area contributed by atoms with Gasteiger partial charge in [-0.25, -0.2) is 0 Å². The molecule has 6 heteroatoms. The van der Waals surface area contributed by atoms with Crippen LogP contribution in [0.25, 0.3) is 22.3 Å². The first-order valence-corrected chi connectivity index (χ1v) is 8.92. The molecule has 0 saturated heterocycles. The van der Waals surface area contributed by atoms with Crippen LogP contribution in [-0.4, -0.2) is 19.7 Å². The maximum absolute atomic E-state index is 6.22. The summed E-state index contributed by atoms with van der Waals surface area (Å²) in [5.41, 5.74) is 3.26. The van der Waals surface area contributed by atoms with Crippen LogP contribution in [0.3, 0.4) is 0 Å². The topological polar surface area (TPSA) is 46.5 Å². The van der Waals surface area contributed by atoms with Crippen LogP contribution in [0.2, 0.25) is 5.02 Å². The summed E-state index contributed by atoms with van der Waals surface area (Å²) in [6.07, 6.45) is 1.98. The predicted octanol–water partition coefficient (Wildman–Crippen LogP) is 4.91. The van der Waals surface area contributed by atoms with E-state index in [0.29, 0.717) is 0 Å². The highest BCUT2D eigenvalue weighted by molar-refractivity contribution is 7.98.